The number of hydrogen-bond acceptors (Lipinski definition) is 9. The number of aromatic nitrogens is 2. The predicted molar refractivity (Wildman–Crippen MR) is 208 cm³/mol. The standard InChI is InChI=1S/C20H29N3O3.C13H24N2O2.C7H7NO2.ClH/c1-19(2,3)26-18(25)22-11-7-20(8-12-22)9-13-23(15-20)17(24)14-16-6-4-5-10-21-16;1-12(2,3)17-11(16)15-8-5-13(6-9-15)4-7-14-10-13;9-7(10)5-6-3-1-2-4-8-6;/h4-6,10H,7-9,11-15H2,1-3H3;14H,4-10H2,1-3H3;1-4H,5H2,(H,9,10);1H. The van der Waals surface area contributed by atoms with Crippen LogP contribution in [-0.2, 0) is 31.9 Å². The topological polar surface area (TPSA) is 154 Å². The van der Waals surface area contributed by atoms with Crippen molar-refractivity contribution in [3.8, 4) is 0 Å². The molecule has 13 nitrogen and oxygen atoms in total. The van der Waals surface area contributed by atoms with E-state index in [4.69, 9.17) is 14.6 Å². The molecule has 2 aromatic heterocycles. The highest BCUT2D eigenvalue weighted by Gasteiger charge is 2.43. The second kappa shape index (κ2) is 19.6. The van der Waals surface area contributed by atoms with Gasteiger partial charge in [0.05, 0.1) is 18.5 Å². The van der Waals surface area contributed by atoms with Gasteiger partial charge >= 0.3 is 18.2 Å². The Labute approximate surface area is 327 Å². The first-order chi connectivity index (χ1) is 25.0. The van der Waals surface area contributed by atoms with Gasteiger partial charge in [0.15, 0.2) is 0 Å². The highest BCUT2D eigenvalue weighted by atomic mass is 35.5. The molecule has 2 aromatic rings. The molecule has 0 bridgehead atoms. The van der Waals surface area contributed by atoms with Crippen molar-refractivity contribution >= 4 is 36.5 Å². The molecule has 6 rings (SSSR count). The molecule has 300 valence electrons. The van der Waals surface area contributed by atoms with E-state index in [1.54, 1.807) is 35.5 Å². The molecule has 2 N–H and O–H groups in total. The average molecular weight is 773 g/mol. The lowest BCUT2D eigenvalue weighted by Crippen LogP contribution is -2.46. The van der Waals surface area contributed by atoms with Crippen molar-refractivity contribution in [2.45, 2.75) is 104 Å². The third-order valence-corrected chi connectivity index (χ3v) is 10.2. The van der Waals surface area contributed by atoms with Gasteiger partial charge in [0.25, 0.3) is 0 Å². The maximum Gasteiger partial charge on any atom is 0.410 e. The van der Waals surface area contributed by atoms with Gasteiger partial charge in [-0.1, -0.05) is 12.1 Å². The number of hydrogen-bond donors (Lipinski definition) is 2. The zero-order valence-corrected chi connectivity index (χ0v) is 33.8. The highest BCUT2D eigenvalue weighted by molar-refractivity contribution is 5.85. The van der Waals surface area contributed by atoms with Gasteiger partial charge in [0, 0.05) is 63.9 Å². The summed E-state index contributed by atoms with van der Waals surface area (Å²) in [5.41, 5.74) is 1.17. The molecule has 4 aliphatic heterocycles. The second-order valence-corrected chi connectivity index (χ2v) is 16.8. The molecule has 3 amide bonds. The quantitative estimate of drug-likeness (QED) is 0.378. The van der Waals surface area contributed by atoms with Crippen molar-refractivity contribution < 1.29 is 33.8 Å². The second-order valence-electron chi connectivity index (χ2n) is 16.8. The van der Waals surface area contributed by atoms with Crippen LogP contribution in [0, 0.1) is 10.8 Å². The fourth-order valence-corrected chi connectivity index (χ4v) is 7.19. The number of amides is 3. The fourth-order valence-electron chi connectivity index (χ4n) is 7.19. The molecule has 4 fully saturated rings. The summed E-state index contributed by atoms with van der Waals surface area (Å²) in [5, 5.41) is 11.8. The molecule has 4 saturated heterocycles. The maximum absolute atomic E-state index is 12.6. The summed E-state index contributed by atoms with van der Waals surface area (Å²) in [6.07, 6.45) is 9.64. The number of carbonyl (C=O) groups excluding carboxylic acids is 3. The van der Waals surface area contributed by atoms with Gasteiger partial charge in [0.1, 0.15) is 11.2 Å². The first-order valence-electron chi connectivity index (χ1n) is 18.9. The van der Waals surface area contributed by atoms with E-state index in [1.807, 2.05) is 69.5 Å². The van der Waals surface area contributed by atoms with E-state index in [1.165, 1.54) is 6.42 Å². The van der Waals surface area contributed by atoms with Crippen molar-refractivity contribution in [2.24, 2.45) is 10.8 Å². The molecule has 4 aliphatic rings. The van der Waals surface area contributed by atoms with Crippen LogP contribution in [0.2, 0.25) is 0 Å². The minimum atomic E-state index is -0.848. The smallest absolute Gasteiger partial charge is 0.410 e. The minimum Gasteiger partial charge on any atom is -0.481 e. The van der Waals surface area contributed by atoms with Crippen molar-refractivity contribution in [3.63, 3.8) is 0 Å². The molecule has 0 atom stereocenters. The summed E-state index contributed by atoms with van der Waals surface area (Å²) < 4.78 is 10.9. The number of rotatable bonds is 4. The van der Waals surface area contributed by atoms with Gasteiger partial charge in [-0.2, -0.15) is 0 Å². The number of nitrogens with zero attached hydrogens (tertiary/aromatic N) is 5. The molecular formula is C40H61ClN6O7. The third kappa shape index (κ3) is 14.4. The van der Waals surface area contributed by atoms with E-state index in [0.29, 0.717) is 30.6 Å². The van der Waals surface area contributed by atoms with E-state index in [-0.39, 0.29) is 47.9 Å². The number of piperidine rings is 2. The van der Waals surface area contributed by atoms with E-state index >= 15 is 0 Å². The Balaban J connectivity index is 0.000000240. The van der Waals surface area contributed by atoms with Gasteiger partial charge in [-0.15, -0.1) is 12.4 Å². The minimum absolute atomic E-state index is 0. The number of aliphatic carboxylic acids is 1. The van der Waals surface area contributed by atoms with Crippen molar-refractivity contribution in [1.82, 2.24) is 30.0 Å². The van der Waals surface area contributed by atoms with Gasteiger partial charge in [-0.3, -0.25) is 19.6 Å². The molecule has 6 heterocycles. The largest absolute Gasteiger partial charge is 0.481 e. The molecule has 0 aromatic carbocycles. The first-order valence-corrected chi connectivity index (χ1v) is 18.9. The Morgan fingerprint density at radius 2 is 1.13 bits per heavy atom. The van der Waals surface area contributed by atoms with Crippen molar-refractivity contribution in [3.05, 3.63) is 60.2 Å². The van der Waals surface area contributed by atoms with Crippen LogP contribution in [0.4, 0.5) is 9.59 Å². The molecule has 54 heavy (non-hydrogen) atoms. The van der Waals surface area contributed by atoms with Gasteiger partial charge in [-0.25, -0.2) is 9.59 Å². The Morgan fingerprint density at radius 1 is 0.685 bits per heavy atom. The fraction of sp³-hybridized carbons (Fsp3) is 0.650. The summed E-state index contributed by atoms with van der Waals surface area (Å²) in [5.74, 6) is -0.700. The number of pyridine rings is 2. The van der Waals surface area contributed by atoms with Crippen LogP contribution in [0.25, 0.3) is 0 Å². The van der Waals surface area contributed by atoms with E-state index in [0.717, 1.165) is 77.1 Å². The van der Waals surface area contributed by atoms with Crippen LogP contribution in [0.15, 0.2) is 48.8 Å². The van der Waals surface area contributed by atoms with E-state index < -0.39 is 11.6 Å². The Hall–Kier alpha value is -3.97. The number of halogens is 1. The molecule has 0 saturated carbocycles. The summed E-state index contributed by atoms with van der Waals surface area (Å²) >= 11 is 0. The van der Waals surface area contributed by atoms with Crippen molar-refractivity contribution in [2.75, 3.05) is 52.4 Å². The molecule has 0 unspecified atom stereocenters. The lowest BCUT2D eigenvalue weighted by atomic mass is 9.78. The van der Waals surface area contributed by atoms with E-state index in [9.17, 15) is 19.2 Å². The van der Waals surface area contributed by atoms with Gasteiger partial charge < -0.3 is 34.6 Å². The zero-order valence-electron chi connectivity index (χ0n) is 33.0. The summed E-state index contributed by atoms with van der Waals surface area (Å²) in [6, 6.07) is 10.9. The molecule has 14 heteroatoms. The van der Waals surface area contributed by atoms with Crippen LogP contribution >= 0.6 is 12.4 Å². The SMILES string of the molecule is CC(C)(C)OC(=O)N1CCC2(CCN(C(=O)Cc3ccccn3)C2)CC1.CC(C)(C)OC(=O)N1CCC2(CCNC2)CC1.Cl.O=C(O)Cc1ccccn1. The average Bonchev–Trinajstić information content (AvgIpc) is 3.72. The highest BCUT2D eigenvalue weighted by Crippen LogP contribution is 2.41. The third-order valence-electron chi connectivity index (χ3n) is 10.2. The van der Waals surface area contributed by atoms with Crippen LogP contribution < -0.4 is 5.32 Å². The zero-order chi connectivity index (χ0) is 38.7. The van der Waals surface area contributed by atoms with Gasteiger partial charge in [-0.05, 0) is 122 Å². The summed E-state index contributed by atoms with van der Waals surface area (Å²) in [4.78, 5) is 60.5. The number of ether oxygens (including phenoxy) is 2. The molecule has 0 radical (unpaired) electrons. The molecule has 2 spiro atoms. The van der Waals surface area contributed by atoms with Crippen molar-refractivity contribution in [1.29, 1.82) is 0 Å². The number of likely N-dealkylation sites (tertiary alicyclic amines) is 3. The monoisotopic (exact) mass is 772 g/mol. The number of carboxylic acid groups (broad SMARTS) is 1. The number of carboxylic acids is 1. The lowest BCUT2D eigenvalue weighted by molar-refractivity contribution is -0.136. The van der Waals surface area contributed by atoms with Crippen LogP contribution in [0.5, 0.6) is 0 Å². The number of nitrogens with one attached hydrogen (secondary N) is 1. The molecule has 0 aliphatic carbocycles. The lowest BCUT2D eigenvalue weighted by Gasteiger charge is -2.39. The number of carbonyl (C=O) groups is 4. The van der Waals surface area contributed by atoms with Crippen LogP contribution in [-0.4, -0.2) is 117 Å². The Kier molecular flexibility index (Phi) is 16.1. The first kappa shape index (κ1) is 44.4. The van der Waals surface area contributed by atoms with E-state index in [2.05, 4.69) is 15.3 Å². The molecular weight excluding hydrogens is 712 g/mol. The Morgan fingerprint density at radius 3 is 1.52 bits per heavy atom. The predicted octanol–water partition coefficient (Wildman–Crippen LogP) is 6.00. The maximum atomic E-state index is 12.6. The Bertz CT molecular complexity index is 1490. The summed E-state index contributed by atoms with van der Waals surface area (Å²) in [6.45, 7) is 18.4. The van der Waals surface area contributed by atoms with Crippen LogP contribution in [0.3, 0.4) is 0 Å². The summed E-state index contributed by atoms with van der Waals surface area (Å²) in [7, 11) is 0. The normalized spacial score (nSPS) is 18.7. The van der Waals surface area contributed by atoms with Gasteiger partial charge in [0.2, 0.25) is 5.91 Å². The van der Waals surface area contributed by atoms with Crippen LogP contribution in [0.1, 0.15) is 91.5 Å².